The molecule has 3 aromatic heterocycles. The number of ether oxygens (including phenoxy) is 1. The quantitative estimate of drug-likeness (QED) is 0.235. The number of aromatic amines is 1. The van der Waals surface area contributed by atoms with E-state index in [0.717, 1.165) is 17.0 Å². The van der Waals surface area contributed by atoms with Gasteiger partial charge in [0, 0.05) is 43.0 Å². The van der Waals surface area contributed by atoms with Crippen molar-refractivity contribution in [3.05, 3.63) is 113 Å². The first-order chi connectivity index (χ1) is 19.4. The third-order valence-electron chi connectivity index (χ3n) is 7.27. The molecule has 0 bridgehead atoms. The highest BCUT2D eigenvalue weighted by Crippen LogP contribution is 2.36. The average molecular weight is 534 g/mol. The van der Waals surface area contributed by atoms with Crippen LogP contribution >= 0.6 is 0 Å². The number of aryl methyl sites for hydroxylation is 2. The van der Waals surface area contributed by atoms with E-state index in [1.54, 1.807) is 23.7 Å². The zero-order valence-corrected chi connectivity index (χ0v) is 22.5. The van der Waals surface area contributed by atoms with Gasteiger partial charge in [0.2, 0.25) is 0 Å². The van der Waals surface area contributed by atoms with Gasteiger partial charge in [-0.05, 0) is 36.2 Å². The van der Waals surface area contributed by atoms with E-state index in [-0.39, 0.29) is 5.82 Å². The number of esters is 1. The summed E-state index contributed by atoms with van der Waals surface area (Å²) in [5, 5.41) is 0.610. The largest absolute Gasteiger partial charge is 0.465 e. The van der Waals surface area contributed by atoms with Crippen LogP contribution in [0.15, 0.2) is 85.1 Å². The van der Waals surface area contributed by atoms with Crippen LogP contribution in [0.2, 0.25) is 0 Å². The number of nitrogens with zero attached hydrogens (tertiary/aromatic N) is 4. The molecule has 3 heterocycles. The Morgan fingerprint density at radius 3 is 2.27 bits per heavy atom. The fourth-order valence-corrected chi connectivity index (χ4v) is 5.16. The minimum atomic E-state index is -0.509. The van der Waals surface area contributed by atoms with E-state index in [9.17, 15) is 4.79 Å². The first-order valence-corrected chi connectivity index (χ1v) is 13.0. The lowest BCUT2D eigenvalue weighted by atomic mass is 10.1. The van der Waals surface area contributed by atoms with Crippen LogP contribution in [0.25, 0.3) is 33.2 Å². The number of methoxy groups -OCH3 is 1. The van der Waals surface area contributed by atoms with Crippen molar-refractivity contribution >= 4 is 33.7 Å². The van der Waals surface area contributed by atoms with Crippen molar-refractivity contribution in [1.29, 1.82) is 0 Å². The van der Waals surface area contributed by atoms with Gasteiger partial charge in [-0.3, -0.25) is 0 Å². The Morgan fingerprint density at radius 1 is 1.00 bits per heavy atom. The summed E-state index contributed by atoms with van der Waals surface area (Å²) in [6.45, 7) is 3.01. The van der Waals surface area contributed by atoms with Gasteiger partial charge in [0.15, 0.2) is 11.6 Å². The van der Waals surface area contributed by atoms with Gasteiger partial charge in [0.1, 0.15) is 11.3 Å². The van der Waals surface area contributed by atoms with Crippen molar-refractivity contribution in [3.8, 4) is 11.3 Å². The van der Waals surface area contributed by atoms with Crippen molar-refractivity contribution in [3.63, 3.8) is 0 Å². The SMILES string of the molecule is COC(=O)c1cnc(N(Cc2ccccc2)Cc2ccccc2)c2[nH]c(-c3ccc4nc(C)n(C)c4c3F)cc12. The second-order valence-corrected chi connectivity index (χ2v) is 9.80. The molecule has 0 amide bonds. The molecule has 0 aliphatic carbocycles. The fraction of sp³-hybridized carbons (Fsp3) is 0.156. The van der Waals surface area contributed by atoms with Crippen molar-refractivity contribution in [2.75, 3.05) is 12.0 Å². The van der Waals surface area contributed by atoms with E-state index in [1.807, 2.05) is 49.4 Å². The molecule has 40 heavy (non-hydrogen) atoms. The number of hydrogen-bond donors (Lipinski definition) is 1. The smallest absolute Gasteiger partial charge is 0.340 e. The molecule has 0 saturated heterocycles. The van der Waals surface area contributed by atoms with Gasteiger partial charge in [-0.2, -0.15) is 0 Å². The zero-order chi connectivity index (χ0) is 27.8. The molecular formula is C32H28FN5O2. The second kappa shape index (κ2) is 10.3. The number of imidazole rings is 1. The number of rotatable bonds is 7. The lowest BCUT2D eigenvalue weighted by molar-refractivity contribution is 0.0602. The summed E-state index contributed by atoms with van der Waals surface area (Å²) in [5.41, 5.74) is 5.09. The molecule has 6 rings (SSSR count). The monoisotopic (exact) mass is 533 g/mol. The van der Waals surface area contributed by atoms with Gasteiger partial charge in [0.05, 0.1) is 23.7 Å². The molecule has 0 aliphatic rings. The molecule has 7 nitrogen and oxygen atoms in total. The number of benzene rings is 3. The van der Waals surface area contributed by atoms with Crippen LogP contribution in [0.5, 0.6) is 0 Å². The van der Waals surface area contributed by atoms with E-state index >= 15 is 4.39 Å². The lowest BCUT2D eigenvalue weighted by Crippen LogP contribution is -2.24. The summed E-state index contributed by atoms with van der Waals surface area (Å²) >= 11 is 0. The number of anilines is 1. The average Bonchev–Trinajstić information content (AvgIpc) is 3.54. The highest BCUT2D eigenvalue weighted by atomic mass is 19.1. The third-order valence-corrected chi connectivity index (χ3v) is 7.27. The molecule has 1 N–H and O–H groups in total. The normalized spacial score (nSPS) is 11.3. The molecule has 0 aliphatic heterocycles. The summed E-state index contributed by atoms with van der Waals surface area (Å²) in [5.74, 6) is 0.483. The molecule has 0 radical (unpaired) electrons. The Hall–Kier alpha value is -4.98. The van der Waals surface area contributed by atoms with Gasteiger partial charge < -0.3 is 19.2 Å². The molecule has 0 fully saturated rings. The Morgan fingerprint density at radius 2 is 1.65 bits per heavy atom. The third kappa shape index (κ3) is 4.47. The molecule has 3 aromatic carbocycles. The van der Waals surface area contributed by atoms with Crippen LogP contribution in [-0.4, -0.2) is 32.6 Å². The minimum Gasteiger partial charge on any atom is -0.465 e. The number of aromatic nitrogens is 4. The predicted octanol–water partition coefficient (Wildman–Crippen LogP) is 6.56. The highest BCUT2D eigenvalue weighted by molar-refractivity contribution is 6.08. The molecule has 6 aromatic rings. The Balaban J connectivity index is 1.54. The lowest BCUT2D eigenvalue weighted by Gasteiger charge is -2.25. The van der Waals surface area contributed by atoms with E-state index in [2.05, 4.69) is 39.1 Å². The summed E-state index contributed by atoms with van der Waals surface area (Å²) in [4.78, 5) is 27.5. The number of hydrogen-bond acceptors (Lipinski definition) is 5. The Bertz CT molecular complexity index is 1800. The number of carbonyl (C=O) groups excluding carboxylic acids is 1. The molecule has 0 spiro atoms. The van der Waals surface area contributed by atoms with Gasteiger partial charge in [-0.1, -0.05) is 60.7 Å². The van der Waals surface area contributed by atoms with Crippen LogP contribution in [0.4, 0.5) is 10.2 Å². The number of pyridine rings is 1. The molecule has 0 atom stereocenters. The van der Waals surface area contributed by atoms with E-state index in [4.69, 9.17) is 9.72 Å². The first kappa shape index (κ1) is 25.3. The minimum absolute atomic E-state index is 0.306. The summed E-state index contributed by atoms with van der Waals surface area (Å²) < 4.78 is 22.7. The van der Waals surface area contributed by atoms with Gasteiger partial charge in [0.25, 0.3) is 0 Å². The van der Waals surface area contributed by atoms with Crippen LogP contribution in [0.3, 0.4) is 0 Å². The van der Waals surface area contributed by atoms with Gasteiger partial charge >= 0.3 is 5.97 Å². The van der Waals surface area contributed by atoms with Crippen molar-refractivity contribution in [2.24, 2.45) is 7.05 Å². The fourth-order valence-electron chi connectivity index (χ4n) is 5.16. The standard InChI is InChI=1S/C32H28FN5O2/c1-20-35-26-15-14-23(28(33)30(26)37(20)2)27-16-24-25(32(39)40-3)17-34-31(29(24)36-27)38(18-21-10-6-4-7-11-21)19-22-12-8-5-9-13-22/h4-17,36H,18-19H2,1-3H3. The van der Waals surface area contributed by atoms with Crippen molar-refractivity contribution in [2.45, 2.75) is 20.0 Å². The molecule has 8 heteroatoms. The first-order valence-electron chi connectivity index (χ1n) is 13.0. The second-order valence-electron chi connectivity index (χ2n) is 9.80. The number of halogens is 1. The van der Waals surface area contributed by atoms with E-state index < -0.39 is 5.97 Å². The van der Waals surface area contributed by atoms with Gasteiger partial charge in [-0.25, -0.2) is 19.2 Å². The number of nitrogens with one attached hydrogen (secondary N) is 1. The summed E-state index contributed by atoms with van der Waals surface area (Å²) in [7, 11) is 3.14. The van der Waals surface area contributed by atoms with E-state index in [0.29, 0.717) is 57.7 Å². The Kier molecular flexibility index (Phi) is 6.51. The highest BCUT2D eigenvalue weighted by Gasteiger charge is 2.23. The van der Waals surface area contributed by atoms with Crippen LogP contribution in [0, 0.1) is 12.7 Å². The predicted molar refractivity (Wildman–Crippen MR) is 155 cm³/mol. The molecular weight excluding hydrogens is 505 g/mol. The van der Waals surface area contributed by atoms with Crippen molar-refractivity contribution in [1.82, 2.24) is 19.5 Å². The van der Waals surface area contributed by atoms with Crippen molar-refractivity contribution < 1.29 is 13.9 Å². The van der Waals surface area contributed by atoms with Crippen LogP contribution in [0.1, 0.15) is 27.3 Å². The number of fused-ring (bicyclic) bond motifs is 2. The molecule has 0 unspecified atom stereocenters. The van der Waals surface area contributed by atoms with Crippen LogP contribution < -0.4 is 4.90 Å². The number of carbonyl (C=O) groups is 1. The number of H-pyrrole nitrogens is 1. The summed E-state index contributed by atoms with van der Waals surface area (Å²) in [6, 6.07) is 25.6. The molecule has 200 valence electrons. The summed E-state index contributed by atoms with van der Waals surface area (Å²) in [6.07, 6.45) is 1.54. The zero-order valence-electron chi connectivity index (χ0n) is 22.5. The van der Waals surface area contributed by atoms with E-state index in [1.165, 1.54) is 13.3 Å². The van der Waals surface area contributed by atoms with Crippen LogP contribution in [-0.2, 0) is 24.9 Å². The Labute approximate surface area is 230 Å². The van der Waals surface area contributed by atoms with Gasteiger partial charge in [-0.15, -0.1) is 0 Å². The topological polar surface area (TPSA) is 76.0 Å². The maximum Gasteiger partial charge on any atom is 0.340 e. The maximum absolute atomic E-state index is 15.9. The maximum atomic E-state index is 15.9. The molecule has 0 saturated carbocycles.